The molecule has 1 aliphatic rings. The molecule has 1 fully saturated rings. The highest BCUT2D eigenvalue weighted by Gasteiger charge is 2.17. The largest absolute Gasteiger partial charge is 0.322 e. The first-order valence-electron chi connectivity index (χ1n) is 8.78. The summed E-state index contributed by atoms with van der Waals surface area (Å²) in [5.41, 5.74) is 2.33. The molecule has 0 unspecified atom stereocenters. The molecule has 136 valence electrons. The maximum absolute atomic E-state index is 14.7. The quantitative estimate of drug-likeness (QED) is 0.658. The number of nitriles is 1. The van der Waals surface area contributed by atoms with Gasteiger partial charge >= 0.3 is 0 Å². The van der Waals surface area contributed by atoms with Gasteiger partial charge in [-0.2, -0.15) is 10.4 Å². The SMILES string of the molecule is N#Cc1cnc(Nc2cc(-c3ccc(C4CCNCC4)cc3F)[nH]n2)cn1. The average molecular weight is 363 g/mol. The summed E-state index contributed by atoms with van der Waals surface area (Å²) in [5.74, 6) is 1.09. The summed E-state index contributed by atoms with van der Waals surface area (Å²) in [6, 6.07) is 9.04. The third-order valence-corrected chi connectivity index (χ3v) is 4.69. The van der Waals surface area contributed by atoms with Crippen molar-refractivity contribution in [3.05, 3.63) is 53.7 Å². The van der Waals surface area contributed by atoms with E-state index in [0.717, 1.165) is 31.5 Å². The Morgan fingerprint density at radius 1 is 1.11 bits per heavy atom. The van der Waals surface area contributed by atoms with Gasteiger partial charge in [0.05, 0.1) is 18.1 Å². The van der Waals surface area contributed by atoms with E-state index >= 15 is 0 Å². The van der Waals surface area contributed by atoms with Gasteiger partial charge < -0.3 is 10.6 Å². The van der Waals surface area contributed by atoms with Gasteiger partial charge in [-0.3, -0.25) is 5.10 Å². The lowest BCUT2D eigenvalue weighted by molar-refractivity contribution is 0.458. The normalized spacial score (nSPS) is 14.7. The lowest BCUT2D eigenvalue weighted by Gasteiger charge is -2.23. The van der Waals surface area contributed by atoms with E-state index in [4.69, 9.17) is 5.26 Å². The molecule has 1 aromatic carbocycles. The molecule has 0 saturated carbocycles. The van der Waals surface area contributed by atoms with Gasteiger partial charge in [-0.25, -0.2) is 14.4 Å². The van der Waals surface area contributed by atoms with Crippen LogP contribution in [0.25, 0.3) is 11.3 Å². The van der Waals surface area contributed by atoms with Crippen LogP contribution in [0.2, 0.25) is 0 Å². The molecule has 1 saturated heterocycles. The van der Waals surface area contributed by atoms with Crippen molar-refractivity contribution in [2.75, 3.05) is 18.4 Å². The van der Waals surface area contributed by atoms with Crippen LogP contribution in [0.4, 0.5) is 16.0 Å². The van der Waals surface area contributed by atoms with E-state index in [0.29, 0.717) is 28.8 Å². The van der Waals surface area contributed by atoms with E-state index < -0.39 is 0 Å². The summed E-state index contributed by atoms with van der Waals surface area (Å²) in [6.07, 6.45) is 4.88. The monoisotopic (exact) mass is 363 g/mol. The number of nitrogens with one attached hydrogen (secondary N) is 3. The van der Waals surface area contributed by atoms with E-state index in [1.807, 2.05) is 12.1 Å². The lowest BCUT2D eigenvalue weighted by Crippen LogP contribution is -2.26. The summed E-state index contributed by atoms with van der Waals surface area (Å²) >= 11 is 0. The third kappa shape index (κ3) is 3.78. The number of halogens is 1. The number of rotatable bonds is 4. The number of piperidine rings is 1. The molecule has 0 spiro atoms. The average Bonchev–Trinajstić information content (AvgIpc) is 3.17. The molecule has 1 aliphatic heterocycles. The first kappa shape index (κ1) is 17.1. The predicted molar refractivity (Wildman–Crippen MR) is 98.9 cm³/mol. The highest BCUT2D eigenvalue weighted by Crippen LogP contribution is 2.30. The smallest absolute Gasteiger partial charge is 0.158 e. The molecular formula is C19H18FN7. The van der Waals surface area contributed by atoms with Crippen LogP contribution in [-0.2, 0) is 0 Å². The second-order valence-electron chi connectivity index (χ2n) is 6.45. The summed E-state index contributed by atoms with van der Waals surface area (Å²) in [4.78, 5) is 8.02. The second kappa shape index (κ2) is 7.51. The number of hydrogen-bond acceptors (Lipinski definition) is 6. The molecule has 3 N–H and O–H groups in total. The zero-order valence-corrected chi connectivity index (χ0v) is 14.5. The second-order valence-corrected chi connectivity index (χ2v) is 6.45. The zero-order chi connectivity index (χ0) is 18.6. The number of nitrogens with zero attached hydrogens (tertiary/aromatic N) is 4. The lowest BCUT2D eigenvalue weighted by atomic mass is 9.89. The van der Waals surface area contributed by atoms with E-state index in [-0.39, 0.29) is 11.5 Å². The van der Waals surface area contributed by atoms with Crippen LogP contribution < -0.4 is 10.6 Å². The Hall–Kier alpha value is -3.31. The standard InChI is InChI=1S/C19H18FN7/c20-16-7-13(12-3-5-22-6-4-12)1-2-15(16)17-8-18(27-26-17)25-19-11-23-14(9-21)10-24-19/h1-2,7-8,10-12,22H,3-6H2,(H2,24,25,26,27). The van der Waals surface area contributed by atoms with E-state index in [1.54, 1.807) is 18.2 Å². The van der Waals surface area contributed by atoms with Gasteiger partial charge in [0.15, 0.2) is 11.5 Å². The van der Waals surface area contributed by atoms with Gasteiger partial charge in [-0.05, 0) is 49.5 Å². The molecule has 0 amide bonds. The number of H-pyrrole nitrogens is 1. The van der Waals surface area contributed by atoms with Crippen LogP contribution >= 0.6 is 0 Å². The summed E-state index contributed by atoms with van der Waals surface area (Å²) < 4.78 is 14.7. The van der Waals surface area contributed by atoms with Crippen LogP contribution in [0.15, 0.2) is 36.7 Å². The number of aromatic amines is 1. The van der Waals surface area contributed by atoms with Gasteiger partial charge in [0.1, 0.15) is 17.7 Å². The van der Waals surface area contributed by atoms with Crippen LogP contribution in [0, 0.1) is 17.1 Å². The molecule has 3 heterocycles. The van der Waals surface area contributed by atoms with Gasteiger partial charge in [0.25, 0.3) is 0 Å². The van der Waals surface area contributed by atoms with Gasteiger partial charge in [-0.15, -0.1) is 0 Å². The Morgan fingerprint density at radius 3 is 2.67 bits per heavy atom. The Bertz CT molecular complexity index is 968. The molecule has 27 heavy (non-hydrogen) atoms. The predicted octanol–water partition coefficient (Wildman–Crippen LogP) is 3.09. The van der Waals surface area contributed by atoms with Crippen molar-refractivity contribution < 1.29 is 4.39 Å². The summed E-state index contributed by atoms with van der Waals surface area (Å²) in [6.45, 7) is 1.95. The van der Waals surface area contributed by atoms with Crippen molar-refractivity contribution in [2.24, 2.45) is 0 Å². The molecule has 0 radical (unpaired) electrons. The number of anilines is 2. The van der Waals surface area contributed by atoms with Crippen molar-refractivity contribution >= 4 is 11.6 Å². The topological polar surface area (TPSA) is 102 Å². The Labute approximate surface area is 155 Å². The first-order valence-corrected chi connectivity index (χ1v) is 8.78. The Kier molecular flexibility index (Phi) is 4.77. The zero-order valence-electron chi connectivity index (χ0n) is 14.5. The number of aromatic nitrogens is 4. The molecule has 3 aromatic rings. The number of benzene rings is 1. The van der Waals surface area contributed by atoms with E-state index in [1.165, 1.54) is 12.4 Å². The fourth-order valence-electron chi connectivity index (χ4n) is 3.26. The van der Waals surface area contributed by atoms with Crippen LogP contribution in [0.3, 0.4) is 0 Å². The Morgan fingerprint density at radius 2 is 1.96 bits per heavy atom. The minimum Gasteiger partial charge on any atom is -0.322 e. The molecule has 0 bridgehead atoms. The van der Waals surface area contributed by atoms with E-state index in [2.05, 4.69) is 30.8 Å². The van der Waals surface area contributed by atoms with Gasteiger partial charge in [0, 0.05) is 11.6 Å². The highest BCUT2D eigenvalue weighted by atomic mass is 19.1. The fraction of sp³-hybridized carbons (Fsp3) is 0.263. The molecule has 2 aromatic heterocycles. The van der Waals surface area contributed by atoms with Crippen molar-refractivity contribution in [3.63, 3.8) is 0 Å². The van der Waals surface area contributed by atoms with Crippen molar-refractivity contribution in [3.8, 4) is 17.3 Å². The molecule has 0 aliphatic carbocycles. The van der Waals surface area contributed by atoms with Crippen molar-refractivity contribution in [1.29, 1.82) is 5.26 Å². The van der Waals surface area contributed by atoms with E-state index in [9.17, 15) is 4.39 Å². The Balaban J connectivity index is 1.51. The minimum atomic E-state index is -0.264. The maximum Gasteiger partial charge on any atom is 0.158 e. The summed E-state index contributed by atoms with van der Waals surface area (Å²) in [5, 5.41) is 22.0. The van der Waals surface area contributed by atoms with Gasteiger partial charge in [0.2, 0.25) is 0 Å². The minimum absolute atomic E-state index is 0.235. The third-order valence-electron chi connectivity index (χ3n) is 4.69. The molecular weight excluding hydrogens is 345 g/mol. The first-order chi connectivity index (χ1) is 13.2. The molecule has 0 atom stereocenters. The molecule has 8 heteroatoms. The fourth-order valence-corrected chi connectivity index (χ4v) is 3.26. The van der Waals surface area contributed by atoms with Crippen molar-refractivity contribution in [2.45, 2.75) is 18.8 Å². The highest BCUT2D eigenvalue weighted by molar-refractivity contribution is 5.65. The van der Waals surface area contributed by atoms with Crippen LogP contribution in [0.1, 0.15) is 30.0 Å². The molecule has 7 nitrogen and oxygen atoms in total. The van der Waals surface area contributed by atoms with Crippen LogP contribution in [-0.4, -0.2) is 33.3 Å². The number of hydrogen-bond donors (Lipinski definition) is 3. The summed E-state index contributed by atoms with van der Waals surface area (Å²) in [7, 11) is 0. The van der Waals surface area contributed by atoms with Crippen LogP contribution in [0.5, 0.6) is 0 Å². The maximum atomic E-state index is 14.7. The van der Waals surface area contributed by atoms with Crippen molar-refractivity contribution in [1.82, 2.24) is 25.5 Å². The molecule has 4 rings (SSSR count). The van der Waals surface area contributed by atoms with Gasteiger partial charge in [-0.1, -0.05) is 6.07 Å².